The fraction of sp³-hybridized carbons (Fsp3) is 0.538. The molecule has 4 bridgehead atoms. The first-order valence-electron chi connectivity index (χ1n) is 6.48. The van der Waals surface area contributed by atoms with Gasteiger partial charge in [-0.15, -0.1) is 0 Å². The quantitative estimate of drug-likeness (QED) is 0.404. The number of rotatable bonds is 2. The Morgan fingerprint density at radius 3 is 2.00 bits per heavy atom. The fourth-order valence-electron chi connectivity index (χ4n) is 3.80. The van der Waals surface area contributed by atoms with Crippen LogP contribution in [-0.2, 0) is 6.54 Å². The van der Waals surface area contributed by atoms with Crippen LogP contribution in [0.5, 0.6) is 0 Å². The van der Waals surface area contributed by atoms with Crippen molar-refractivity contribution >= 4 is 22.6 Å². The second-order valence-corrected chi connectivity index (χ2v) is 7.11. The largest absolute Gasteiger partial charge is 1.00 e. The molecule has 4 fully saturated rings. The monoisotopic (exact) mass is 436 g/mol. The van der Waals surface area contributed by atoms with E-state index >= 15 is 0 Å². The van der Waals surface area contributed by atoms with Crippen molar-refractivity contribution in [2.24, 2.45) is 0 Å². The molecule has 4 aliphatic rings. The molecule has 0 unspecified atom stereocenters. The molecule has 0 atom stereocenters. The van der Waals surface area contributed by atoms with Crippen LogP contribution in [0.15, 0.2) is 24.3 Å². The molecule has 6 heteroatoms. The van der Waals surface area contributed by atoms with Crippen LogP contribution in [-0.4, -0.2) is 59.2 Å². The summed E-state index contributed by atoms with van der Waals surface area (Å²) in [5, 5.41) is 0. The first-order chi connectivity index (χ1) is 8.72. The number of quaternary nitrogens is 1. The number of benzene rings is 1. The van der Waals surface area contributed by atoms with Gasteiger partial charge in [0.05, 0.1) is 20.0 Å². The molecule has 19 heavy (non-hydrogen) atoms. The summed E-state index contributed by atoms with van der Waals surface area (Å²) in [6, 6.07) is 8.82. The van der Waals surface area contributed by atoms with Crippen molar-refractivity contribution in [2.75, 3.05) is 40.0 Å². The number of hydrogen-bond acceptors (Lipinski definition) is 3. The second kappa shape index (κ2) is 5.23. The van der Waals surface area contributed by atoms with Crippen molar-refractivity contribution < 1.29 is 21.5 Å². The van der Waals surface area contributed by atoms with Crippen molar-refractivity contribution in [2.45, 2.75) is 6.54 Å². The molecule has 0 saturated carbocycles. The van der Waals surface area contributed by atoms with Gasteiger partial charge in [-0.3, -0.25) is 4.48 Å². The third-order valence-corrected chi connectivity index (χ3v) is 5.22. The molecule has 4 aliphatic heterocycles. The summed E-state index contributed by atoms with van der Waals surface area (Å²) in [6.07, 6.45) is 0. The van der Waals surface area contributed by atoms with Gasteiger partial charge in [-0.1, -0.05) is 18.2 Å². The summed E-state index contributed by atoms with van der Waals surface area (Å²) in [4.78, 5) is 7.73. The van der Waals surface area contributed by atoms with Gasteiger partial charge in [-0.2, -0.15) is 0 Å². The molecule has 4 heterocycles. The standard InChI is InChI=1S/C13H18IN4.BrH/c14-13-4-2-1-3-12(13)5-18-9-15-6-16(10-18)8-17(7-15)11-18;/h1-4H,5-11H2;1H/q+1;/p-1. The average molecular weight is 437 g/mol. The maximum atomic E-state index is 2.58. The van der Waals surface area contributed by atoms with E-state index in [1.165, 1.54) is 60.2 Å². The lowest BCUT2D eigenvalue weighted by molar-refractivity contribution is -0.991. The first kappa shape index (κ1) is 14.2. The van der Waals surface area contributed by atoms with Crippen LogP contribution in [0, 0.1) is 3.57 Å². The molecule has 4 saturated heterocycles. The molecule has 0 aliphatic carbocycles. The van der Waals surface area contributed by atoms with Crippen LogP contribution in [0.4, 0.5) is 0 Å². The maximum absolute atomic E-state index is 2.58. The summed E-state index contributed by atoms with van der Waals surface area (Å²) < 4.78 is 2.60. The molecule has 0 aromatic heterocycles. The van der Waals surface area contributed by atoms with E-state index in [1.807, 2.05) is 0 Å². The molecular formula is C13H18BrIN4. The molecular weight excluding hydrogens is 419 g/mol. The summed E-state index contributed by atoms with van der Waals surface area (Å²) in [7, 11) is 0. The van der Waals surface area contributed by atoms with Gasteiger partial charge in [0.15, 0.2) is 0 Å². The minimum atomic E-state index is 0. The van der Waals surface area contributed by atoms with Crippen LogP contribution < -0.4 is 17.0 Å². The lowest BCUT2D eigenvalue weighted by atomic mass is 10.1. The first-order valence-corrected chi connectivity index (χ1v) is 7.56. The minimum absolute atomic E-state index is 0. The van der Waals surface area contributed by atoms with E-state index in [1.54, 1.807) is 0 Å². The average Bonchev–Trinajstić information content (AvgIpc) is 2.30. The van der Waals surface area contributed by atoms with Gasteiger partial charge in [0.1, 0.15) is 26.6 Å². The second-order valence-electron chi connectivity index (χ2n) is 5.95. The highest BCUT2D eigenvalue weighted by Gasteiger charge is 2.48. The summed E-state index contributed by atoms with van der Waals surface area (Å²) in [5.74, 6) is 0. The molecule has 0 N–H and O–H groups in total. The van der Waals surface area contributed by atoms with Crippen LogP contribution >= 0.6 is 22.6 Å². The Bertz CT molecular complexity index is 446. The van der Waals surface area contributed by atoms with Crippen molar-refractivity contribution in [3.05, 3.63) is 33.4 Å². The zero-order chi connectivity index (χ0) is 12.2. The minimum Gasteiger partial charge on any atom is -1.00 e. The van der Waals surface area contributed by atoms with Gasteiger partial charge >= 0.3 is 0 Å². The maximum Gasteiger partial charge on any atom is 0.139 e. The van der Waals surface area contributed by atoms with Crippen molar-refractivity contribution in [1.29, 1.82) is 0 Å². The normalized spacial score (nSPS) is 39.1. The highest BCUT2D eigenvalue weighted by molar-refractivity contribution is 14.1. The highest BCUT2D eigenvalue weighted by atomic mass is 127. The van der Waals surface area contributed by atoms with Crippen LogP contribution in [0.25, 0.3) is 0 Å². The molecule has 104 valence electrons. The number of halogens is 2. The van der Waals surface area contributed by atoms with Crippen LogP contribution in [0.1, 0.15) is 5.56 Å². The van der Waals surface area contributed by atoms with E-state index in [9.17, 15) is 0 Å². The van der Waals surface area contributed by atoms with E-state index in [0.29, 0.717) is 0 Å². The van der Waals surface area contributed by atoms with Gasteiger partial charge < -0.3 is 17.0 Å². The van der Waals surface area contributed by atoms with Gasteiger partial charge in [-0.25, -0.2) is 14.7 Å². The van der Waals surface area contributed by atoms with Crippen molar-refractivity contribution in [1.82, 2.24) is 14.7 Å². The van der Waals surface area contributed by atoms with E-state index in [4.69, 9.17) is 0 Å². The molecule has 0 amide bonds. The fourth-order valence-corrected chi connectivity index (χ4v) is 4.35. The van der Waals surface area contributed by atoms with Crippen LogP contribution in [0.2, 0.25) is 0 Å². The lowest BCUT2D eigenvalue weighted by Gasteiger charge is -2.60. The number of nitrogens with zero attached hydrogens (tertiary/aromatic N) is 4. The predicted molar refractivity (Wildman–Crippen MR) is 77.8 cm³/mol. The Morgan fingerprint density at radius 2 is 1.47 bits per heavy atom. The Morgan fingerprint density at radius 1 is 0.947 bits per heavy atom. The van der Waals surface area contributed by atoms with E-state index in [-0.39, 0.29) is 17.0 Å². The van der Waals surface area contributed by atoms with Gasteiger partial charge in [-0.05, 0) is 28.7 Å². The smallest absolute Gasteiger partial charge is 0.139 e. The molecule has 0 spiro atoms. The van der Waals surface area contributed by atoms with E-state index in [2.05, 4.69) is 61.6 Å². The molecule has 1 aromatic rings. The zero-order valence-corrected chi connectivity index (χ0v) is 14.5. The Labute approximate surface area is 138 Å². The van der Waals surface area contributed by atoms with Gasteiger partial charge in [0.2, 0.25) is 0 Å². The third kappa shape index (κ3) is 2.58. The third-order valence-electron chi connectivity index (χ3n) is 4.16. The summed E-state index contributed by atoms with van der Waals surface area (Å²) in [6.45, 7) is 8.34. The zero-order valence-electron chi connectivity index (χ0n) is 10.8. The topological polar surface area (TPSA) is 9.72 Å². The highest BCUT2D eigenvalue weighted by Crippen LogP contribution is 2.31. The Kier molecular flexibility index (Phi) is 3.92. The number of hydrogen-bond donors (Lipinski definition) is 0. The predicted octanol–water partition coefficient (Wildman–Crippen LogP) is -1.70. The van der Waals surface area contributed by atoms with Crippen molar-refractivity contribution in [3.63, 3.8) is 0 Å². The van der Waals surface area contributed by atoms with Gasteiger partial charge in [0.25, 0.3) is 0 Å². The Hall–Kier alpha value is 0.270. The van der Waals surface area contributed by atoms with Crippen molar-refractivity contribution in [3.8, 4) is 0 Å². The SMILES string of the molecule is Ic1ccccc1C[N+]12CN3CN(CN(C3)C1)C2.[Br-]. The molecule has 5 rings (SSSR count). The summed E-state index contributed by atoms with van der Waals surface area (Å²) in [5.41, 5.74) is 1.50. The van der Waals surface area contributed by atoms with Gasteiger partial charge in [0, 0.05) is 9.13 Å². The lowest BCUT2D eigenvalue weighted by Crippen LogP contribution is -3.00. The van der Waals surface area contributed by atoms with Crippen LogP contribution in [0.3, 0.4) is 0 Å². The Balaban J connectivity index is 0.00000110. The van der Waals surface area contributed by atoms with E-state index < -0.39 is 0 Å². The molecule has 1 aromatic carbocycles. The van der Waals surface area contributed by atoms with E-state index in [0.717, 1.165) is 0 Å². The molecule has 0 radical (unpaired) electrons. The summed E-state index contributed by atoms with van der Waals surface area (Å²) >= 11 is 2.47. The molecule has 4 nitrogen and oxygen atoms in total.